The van der Waals surface area contributed by atoms with Crippen molar-refractivity contribution >= 4 is 28.8 Å². The molecule has 1 saturated heterocycles. The van der Waals surface area contributed by atoms with E-state index in [-0.39, 0.29) is 5.91 Å². The minimum atomic E-state index is -0.112. The summed E-state index contributed by atoms with van der Waals surface area (Å²) in [7, 11) is 1.62. The number of hydrogen-bond acceptors (Lipinski definition) is 10. The zero-order valence-corrected chi connectivity index (χ0v) is 22.5. The van der Waals surface area contributed by atoms with Crippen LogP contribution in [0.25, 0.3) is 0 Å². The molecular formula is C28H34N6O5. The molecule has 39 heavy (non-hydrogen) atoms. The van der Waals surface area contributed by atoms with Crippen LogP contribution in [0.2, 0.25) is 0 Å². The number of carbonyl (C=O) groups is 1. The Labute approximate surface area is 227 Å². The predicted molar refractivity (Wildman–Crippen MR) is 149 cm³/mol. The Kier molecular flexibility index (Phi) is 8.28. The third-order valence-corrected chi connectivity index (χ3v) is 6.60. The maximum absolute atomic E-state index is 11.4. The highest BCUT2D eigenvalue weighted by Gasteiger charge is 2.22. The van der Waals surface area contributed by atoms with Gasteiger partial charge in [0.1, 0.15) is 17.8 Å². The van der Waals surface area contributed by atoms with Gasteiger partial charge in [0.05, 0.1) is 26.9 Å². The fourth-order valence-corrected chi connectivity index (χ4v) is 4.58. The van der Waals surface area contributed by atoms with Gasteiger partial charge in [-0.25, -0.2) is 4.98 Å². The van der Waals surface area contributed by atoms with Gasteiger partial charge in [0.15, 0.2) is 17.3 Å². The Morgan fingerprint density at radius 2 is 2.00 bits per heavy atom. The molecular weight excluding hydrogens is 500 g/mol. The molecule has 3 heterocycles. The summed E-state index contributed by atoms with van der Waals surface area (Å²) in [6, 6.07) is 9.47. The van der Waals surface area contributed by atoms with E-state index in [9.17, 15) is 4.79 Å². The Morgan fingerprint density at radius 3 is 2.77 bits per heavy atom. The number of benzene rings is 2. The average Bonchev–Trinajstić information content (AvgIpc) is 3.12. The number of rotatable bonds is 9. The number of fused-ring (bicyclic) bond motifs is 2. The SMILES string of the molecule is COc1cc2c(cc1OCCCN1CCOCC1)CNc1c(Nc3ccc(NC(C)=O)c(C)c3)ncnc1O2. The van der Waals surface area contributed by atoms with Crippen LogP contribution in [0.3, 0.4) is 0 Å². The highest BCUT2D eigenvalue weighted by atomic mass is 16.5. The summed E-state index contributed by atoms with van der Waals surface area (Å²) in [5.74, 6) is 2.78. The Morgan fingerprint density at radius 1 is 1.15 bits per heavy atom. The van der Waals surface area contributed by atoms with Crippen LogP contribution in [0, 0.1) is 6.92 Å². The largest absolute Gasteiger partial charge is 0.493 e. The van der Waals surface area contributed by atoms with E-state index in [2.05, 4.69) is 30.8 Å². The highest BCUT2D eigenvalue weighted by molar-refractivity contribution is 5.90. The number of nitrogens with one attached hydrogen (secondary N) is 3. The summed E-state index contributed by atoms with van der Waals surface area (Å²) in [6.07, 6.45) is 2.37. The van der Waals surface area contributed by atoms with Crippen LogP contribution < -0.4 is 30.2 Å². The van der Waals surface area contributed by atoms with Gasteiger partial charge in [-0.3, -0.25) is 9.69 Å². The number of hydrogen-bond donors (Lipinski definition) is 3. The molecule has 0 atom stereocenters. The first-order valence-corrected chi connectivity index (χ1v) is 13.1. The van der Waals surface area contributed by atoms with Crippen molar-refractivity contribution in [1.82, 2.24) is 14.9 Å². The molecule has 0 bridgehead atoms. The topological polar surface area (TPSA) is 119 Å². The molecule has 5 rings (SSSR count). The summed E-state index contributed by atoms with van der Waals surface area (Å²) >= 11 is 0. The summed E-state index contributed by atoms with van der Waals surface area (Å²) in [6.45, 7) is 8.98. The van der Waals surface area contributed by atoms with Gasteiger partial charge in [0.2, 0.25) is 11.8 Å². The van der Waals surface area contributed by atoms with E-state index < -0.39 is 0 Å². The molecule has 2 aliphatic heterocycles. The summed E-state index contributed by atoms with van der Waals surface area (Å²) < 4.78 is 23.4. The highest BCUT2D eigenvalue weighted by Crippen LogP contribution is 2.42. The monoisotopic (exact) mass is 534 g/mol. The maximum Gasteiger partial charge on any atom is 0.248 e. The molecule has 1 amide bonds. The van der Waals surface area contributed by atoms with E-state index in [4.69, 9.17) is 18.9 Å². The van der Waals surface area contributed by atoms with E-state index in [0.29, 0.717) is 47.8 Å². The van der Waals surface area contributed by atoms with Crippen molar-refractivity contribution in [3.8, 4) is 23.1 Å². The van der Waals surface area contributed by atoms with Crippen molar-refractivity contribution < 1.29 is 23.7 Å². The molecule has 3 aromatic rings. The second-order valence-corrected chi connectivity index (χ2v) is 9.46. The number of anilines is 4. The van der Waals surface area contributed by atoms with Crippen LogP contribution >= 0.6 is 0 Å². The van der Waals surface area contributed by atoms with E-state index in [1.165, 1.54) is 13.3 Å². The Balaban J connectivity index is 1.28. The average molecular weight is 535 g/mol. The number of amides is 1. The molecule has 0 spiro atoms. The van der Waals surface area contributed by atoms with E-state index in [1.54, 1.807) is 7.11 Å². The summed E-state index contributed by atoms with van der Waals surface area (Å²) in [5.41, 5.74) is 4.07. The number of aryl methyl sites for hydroxylation is 1. The van der Waals surface area contributed by atoms with Crippen molar-refractivity contribution in [1.29, 1.82) is 0 Å². The lowest BCUT2D eigenvalue weighted by Crippen LogP contribution is -2.37. The fraction of sp³-hybridized carbons (Fsp3) is 0.393. The van der Waals surface area contributed by atoms with Crippen LogP contribution in [0.1, 0.15) is 24.5 Å². The van der Waals surface area contributed by atoms with Crippen LogP contribution in [0.15, 0.2) is 36.7 Å². The second kappa shape index (κ2) is 12.2. The normalized spacial score (nSPS) is 14.6. The number of carbonyl (C=O) groups excluding carboxylic acids is 1. The lowest BCUT2D eigenvalue weighted by atomic mass is 10.1. The summed E-state index contributed by atoms with van der Waals surface area (Å²) in [5, 5.41) is 9.57. The van der Waals surface area contributed by atoms with Crippen LogP contribution in [0.5, 0.6) is 23.1 Å². The second-order valence-electron chi connectivity index (χ2n) is 9.46. The molecule has 2 aliphatic rings. The van der Waals surface area contributed by atoms with E-state index in [1.807, 2.05) is 37.3 Å². The van der Waals surface area contributed by atoms with Gasteiger partial charge in [0, 0.05) is 56.1 Å². The van der Waals surface area contributed by atoms with Gasteiger partial charge in [-0.1, -0.05) is 0 Å². The van der Waals surface area contributed by atoms with Crippen molar-refractivity contribution in [2.45, 2.75) is 26.8 Å². The van der Waals surface area contributed by atoms with Crippen molar-refractivity contribution in [3.05, 3.63) is 47.8 Å². The first-order chi connectivity index (χ1) is 19.0. The zero-order chi connectivity index (χ0) is 27.2. The van der Waals surface area contributed by atoms with E-state index >= 15 is 0 Å². The molecule has 1 fully saturated rings. The van der Waals surface area contributed by atoms with Crippen molar-refractivity contribution in [2.24, 2.45) is 0 Å². The molecule has 11 nitrogen and oxygen atoms in total. The third kappa shape index (κ3) is 6.50. The smallest absolute Gasteiger partial charge is 0.248 e. The quantitative estimate of drug-likeness (QED) is 0.343. The number of nitrogens with zero attached hydrogens (tertiary/aromatic N) is 3. The lowest BCUT2D eigenvalue weighted by molar-refractivity contribution is -0.114. The summed E-state index contributed by atoms with van der Waals surface area (Å²) in [4.78, 5) is 22.6. The number of morpholine rings is 1. The number of ether oxygens (including phenoxy) is 4. The third-order valence-electron chi connectivity index (χ3n) is 6.60. The van der Waals surface area contributed by atoms with Crippen LogP contribution in [-0.2, 0) is 16.1 Å². The molecule has 0 saturated carbocycles. The minimum absolute atomic E-state index is 0.112. The maximum atomic E-state index is 11.4. The van der Waals surface area contributed by atoms with E-state index in [0.717, 1.165) is 61.8 Å². The zero-order valence-electron chi connectivity index (χ0n) is 22.5. The lowest BCUT2D eigenvalue weighted by Gasteiger charge is -2.26. The molecule has 0 radical (unpaired) electrons. The van der Waals surface area contributed by atoms with Gasteiger partial charge in [-0.05, 0) is 43.2 Å². The standard InChI is InChI=1S/C28H34N6O5/c1-18-13-21(5-6-22(18)32-19(2)35)33-27-26-28(31-17-30-27)39-23-15-24(36-3)25(14-20(23)16-29-26)38-10-4-7-34-8-11-37-12-9-34/h5-6,13-15,17,29H,4,7-12,16H2,1-3H3,(H,32,35)(H,30,31,33). The van der Waals surface area contributed by atoms with Gasteiger partial charge in [-0.2, -0.15) is 4.98 Å². The molecule has 0 unspecified atom stereocenters. The molecule has 11 heteroatoms. The van der Waals surface area contributed by atoms with Gasteiger partial charge < -0.3 is 34.9 Å². The van der Waals surface area contributed by atoms with Crippen LogP contribution in [0.4, 0.5) is 22.9 Å². The van der Waals surface area contributed by atoms with Gasteiger partial charge in [0.25, 0.3) is 0 Å². The first-order valence-electron chi connectivity index (χ1n) is 13.1. The molecule has 0 aliphatic carbocycles. The number of methoxy groups -OCH3 is 1. The Hall–Kier alpha value is -4.09. The molecule has 3 N–H and O–H groups in total. The van der Waals surface area contributed by atoms with Crippen LogP contribution in [-0.4, -0.2) is 67.3 Å². The minimum Gasteiger partial charge on any atom is -0.493 e. The first kappa shape index (κ1) is 26.5. The fourth-order valence-electron chi connectivity index (χ4n) is 4.58. The number of aromatic nitrogens is 2. The molecule has 2 aromatic carbocycles. The van der Waals surface area contributed by atoms with Gasteiger partial charge in [-0.15, -0.1) is 0 Å². The van der Waals surface area contributed by atoms with Crippen molar-refractivity contribution in [3.63, 3.8) is 0 Å². The molecule has 206 valence electrons. The predicted octanol–water partition coefficient (Wildman–Crippen LogP) is 4.31. The molecule has 1 aromatic heterocycles. The van der Waals surface area contributed by atoms with Crippen molar-refractivity contribution in [2.75, 3.05) is 62.5 Å². The van der Waals surface area contributed by atoms with Gasteiger partial charge >= 0.3 is 0 Å². The Bertz CT molecular complexity index is 1330.